The van der Waals surface area contributed by atoms with Gasteiger partial charge < -0.3 is 84.4 Å². The van der Waals surface area contributed by atoms with Crippen LogP contribution in [-0.2, 0) is 42.7 Å². The Labute approximate surface area is 283 Å². The van der Waals surface area contributed by atoms with Crippen LogP contribution in [0.15, 0.2) is 0 Å². The van der Waals surface area contributed by atoms with Gasteiger partial charge in [-0.25, -0.2) is 0 Å². The fourth-order valence-corrected chi connectivity index (χ4v) is 5.84. The molecule has 10 N–H and O–H groups in total. The van der Waals surface area contributed by atoms with Crippen LogP contribution in [0.3, 0.4) is 0 Å². The minimum atomic E-state index is -1.82. The first kappa shape index (κ1) is 41.8. The maximum absolute atomic E-state index is 11.8. The molecule has 0 aromatic rings. The molecule has 286 valence electrons. The number of nitrogens with one attached hydrogen (secondary N) is 1. The molecule has 3 rings (SSSR count). The molecule has 3 heterocycles. The molecule has 15 atom stereocenters. The second kappa shape index (κ2) is 20.4. The Balaban J connectivity index is 1.61. The van der Waals surface area contributed by atoms with E-state index in [1.807, 2.05) is 0 Å². The third-order valence-electron chi connectivity index (χ3n) is 8.74. The van der Waals surface area contributed by atoms with E-state index in [0.29, 0.717) is 12.8 Å². The average Bonchev–Trinajstić information content (AvgIpc) is 3.08. The molecule has 0 aromatic carbocycles. The molecule has 3 fully saturated rings. The Kier molecular flexibility index (Phi) is 17.4. The van der Waals surface area contributed by atoms with E-state index in [4.69, 9.17) is 28.4 Å². The van der Waals surface area contributed by atoms with Crippen molar-refractivity contribution in [3.8, 4) is 0 Å². The monoisotopic (exact) mass is 715 g/mol. The van der Waals surface area contributed by atoms with E-state index in [-0.39, 0.29) is 12.6 Å². The summed E-state index contributed by atoms with van der Waals surface area (Å²) >= 11 is 0. The molecular formula is C30H53NO18. The highest BCUT2D eigenvalue weighted by molar-refractivity contribution is 5.73. The summed E-state index contributed by atoms with van der Waals surface area (Å²) in [4.78, 5) is 23.0. The molecule has 0 bridgehead atoms. The van der Waals surface area contributed by atoms with Gasteiger partial charge in [-0.2, -0.15) is 0 Å². The first-order valence-corrected chi connectivity index (χ1v) is 16.5. The van der Waals surface area contributed by atoms with Crippen molar-refractivity contribution < 1.29 is 88.7 Å². The summed E-state index contributed by atoms with van der Waals surface area (Å²) < 4.78 is 38.7. The van der Waals surface area contributed by atoms with Gasteiger partial charge in [0.15, 0.2) is 18.9 Å². The number of methoxy groups -OCH3 is 1. The van der Waals surface area contributed by atoms with Crippen LogP contribution < -0.4 is 5.32 Å². The zero-order valence-electron chi connectivity index (χ0n) is 27.6. The Bertz CT molecular complexity index is 995. The van der Waals surface area contributed by atoms with Crippen molar-refractivity contribution in [2.75, 3.05) is 33.5 Å². The Hall–Kier alpha value is -1.66. The van der Waals surface area contributed by atoms with Crippen LogP contribution in [0.2, 0.25) is 0 Å². The van der Waals surface area contributed by atoms with Crippen molar-refractivity contribution in [2.45, 2.75) is 144 Å². The van der Waals surface area contributed by atoms with Gasteiger partial charge in [-0.1, -0.05) is 25.7 Å². The van der Waals surface area contributed by atoms with Crippen LogP contribution in [0, 0.1) is 0 Å². The van der Waals surface area contributed by atoms with Gasteiger partial charge in [0.25, 0.3) is 0 Å². The fourth-order valence-electron chi connectivity index (χ4n) is 5.84. The van der Waals surface area contributed by atoms with Gasteiger partial charge in [-0.3, -0.25) is 9.59 Å². The SMILES string of the molecule is COC(=O)CCCCCCCCOC1OC(COC2OC(CO)C(O)C(O)C2OC2OC(CO)C(O)C(O)C2NC(C)=O)C(O)C(O)C1O. The number of aliphatic hydroxyl groups is 9. The molecule has 0 aliphatic carbocycles. The van der Waals surface area contributed by atoms with E-state index in [1.165, 1.54) is 7.11 Å². The van der Waals surface area contributed by atoms with Gasteiger partial charge in [-0.15, -0.1) is 0 Å². The molecule has 3 saturated heterocycles. The normalized spacial score (nSPS) is 39.8. The minimum Gasteiger partial charge on any atom is -0.469 e. The van der Waals surface area contributed by atoms with Gasteiger partial charge in [0.1, 0.15) is 73.2 Å². The molecule has 0 saturated carbocycles. The highest BCUT2D eigenvalue weighted by Crippen LogP contribution is 2.31. The molecule has 0 aromatic heterocycles. The lowest BCUT2D eigenvalue weighted by molar-refractivity contribution is -0.363. The Morgan fingerprint density at radius 1 is 0.633 bits per heavy atom. The van der Waals surface area contributed by atoms with E-state index in [1.54, 1.807) is 0 Å². The van der Waals surface area contributed by atoms with Crippen LogP contribution in [0.4, 0.5) is 0 Å². The number of hydrogen-bond acceptors (Lipinski definition) is 18. The maximum Gasteiger partial charge on any atom is 0.305 e. The summed E-state index contributed by atoms with van der Waals surface area (Å²) in [7, 11) is 1.35. The van der Waals surface area contributed by atoms with E-state index in [2.05, 4.69) is 10.1 Å². The predicted octanol–water partition coefficient (Wildman–Crippen LogP) is -4.50. The lowest BCUT2D eigenvalue weighted by atomic mass is 9.95. The summed E-state index contributed by atoms with van der Waals surface area (Å²) in [6.07, 6.45) is -16.9. The maximum atomic E-state index is 11.8. The molecule has 1 amide bonds. The smallest absolute Gasteiger partial charge is 0.305 e. The van der Waals surface area contributed by atoms with Crippen LogP contribution in [0.5, 0.6) is 0 Å². The third-order valence-corrected chi connectivity index (χ3v) is 8.74. The van der Waals surface area contributed by atoms with E-state index < -0.39 is 118 Å². The molecule has 0 radical (unpaired) electrons. The predicted molar refractivity (Wildman–Crippen MR) is 161 cm³/mol. The number of amides is 1. The summed E-state index contributed by atoms with van der Waals surface area (Å²) in [5.74, 6) is -0.886. The van der Waals surface area contributed by atoms with E-state index >= 15 is 0 Å². The first-order valence-electron chi connectivity index (χ1n) is 16.5. The number of aliphatic hydroxyl groups excluding tert-OH is 9. The average molecular weight is 716 g/mol. The molecule has 49 heavy (non-hydrogen) atoms. The highest BCUT2D eigenvalue weighted by Gasteiger charge is 2.52. The van der Waals surface area contributed by atoms with Gasteiger partial charge in [0.2, 0.25) is 5.91 Å². The van der Waals surface area contributed by atoms with Gasteiger partial charge in [-0.05, 0) is 12.8 Å². The number of carbonyl (C=O) groups is 2. The summed E-state index contributed by atoms with van der Waals surface area (Å²) in [5, 5.41) is 95.8. The zero-order chi connectivity index (χ0) is 36.2. The molecule has 15 unspecified atom stereocenters. The molecule has 0 spiro atoms. The molecule has 3 aliphatic heterocycles. The third kappa shape index (κ3) is 11.4. The largest absolute Gasteiger partial charge is 0.469 e. The van der Waals surface area contributed by atoms with Crippen molar-refractivity contribution in [1.29, 1.82) is 0 Å². The lowest BCUT2D eigenvalue weighted by Gasteiger charge is -2.47. The second-order valence-corrected chi connectivity index (χ2v) is 12.4. The van der Waals surface area contributed by atoms with Crippen molar-refractivity contribution in [3.05, 3.63) is 0 Å². The summed E-state index contributed by atoms with van der Waals surface area (Å²) in [6, 6.07) is -1.42. The number of carbonyl (C=O) groups excluding carboxylic acids is 2. The van der Waals surface area contributed by atoms with Crippen LogP contribution >= 0.6 is 0 Å². The van der Waals surface area contributed by atoms with Crippen molar-refractivity contribution in [3.63, 3.8) is 0 Å². The highest BCUT2D eigenvalue weighted by atomic mass is 16.8. The van der Waals surface area contributed by atoms with Crippen LogP contribution in [0.25, 0.3) is 0 Å². The van der Waals surface area contributed by atoms with Crippen molar-refractivity contribution in [2.24, 2.45) is 0 Å². The molecular weight excluding hydrogens is 662 g/mol. The number of esters is 1. The molecule has 19 nitrogen and oxygen atoms in total. The topological polar surface area (TPSA) is 293 Å². The zero-order valence-corrected chi connectivity index (χ0v) is 27.6. The number of hydrogen-bond donors (Lipinski definition) is 10. The quantitative estimate of drug-likeness (QED) is 0.0472. The van der Waals surface area contributed by atoms with Crippen molar-refractivity contribution in [1.82, 2.24) is 5.32 Å². The lowest BCUT2D eigenvalue weighted by Crippen LogP contribution is -2.67. The first-order chi connectivity index (χ1) is 23.3. The number of rotatable bonds is 18. The van der Waals surface area contributed by atoms with Gasteiger partial charge in [0.05, 0.1) is 26.9 Å². The second-order valence-electron chi connectivity index (χ2n) is 12.4. The standard InChI is InChI=1S/C30H53NO18/c1-14(34)31-19-23(39)20(36)15(11-32)46-28(19)49-27-25(41)21(37)16(12-33)47-30(27)45-13-17-22(38)24(40)26(42)29(48-17)44-10-8-6-4-3-5-7-9-18(35)43-2/h15-17,19-30,32-33,36-42H,3-13H2,1-2H3,(H,31,34). The van der Waals surface area contributed by atoms with E-state index in [0.717, 1.165) is 39.0 Å². The van der Waals surface area contributed by atoms with Crippen molar-refractivity contribution >= 4 is 11.9 Å². The Morgan fingerprint density at radius 3 is 1.80 bits per heavy atom. The number of ether oxygens (including phenoxy) is 7. The fraction of sp³-hybridized carbons (Fsp3) is 0.933. The molecule has 19 heteroatoms. The van der Waals surface area contributed by atoms with Crippen LogP contribution in [0.1, 0.15) is 51.9 Å². The van der Waals surface area contributed by atoms with Gasteiger partial charge in [0, 0.05) is 20.0 Å². The van der Waals surface area contributed by atoms with E-state index in [9.17, 15) is 55.5 Å². The number of unbranched alkanes of at least 4 members (excludes halogenated alkanes) is 5. The van der Waals surface area contributed by atoms with Crippen LogP contribution in [-0.4, -0.2) is 183 Å². The van der Waals surface area contributed by atoms with Gasteiger partial charge >= 0.3 is 5.97 Å². The minimum absolute atomic E-state index is 0.163. The summed E-state index contributed by atoms with van der Waals surface area (Å²) in [5.41, 5.74) is 0. The summed E-state index contributed by atoms with van der Waals surface area (Å²) in [6.45, 7) is -0.770. The Morgan fingerprint density at radius 2 is 1.18 bits per heavy atom. The molecule has 3 aliphatic rings.